The van der Waals surface area contributed by atoms with Gasteiger partial charge in [0.1, 0.15) is 12.2 Å². The molecule has 4 amide bonds. The number of urea groups is 1. The van der Waals surface area contributed by atoms with Crippen molar-refractivity contribution in [3.05, 3.63) is 71.8 Å². The summed E-state index contributed by atoms with van der Waals surface area (Å²) >= 11 is 0. The summed E-state index contributed by atoms with van der Waals surface area (Å²) in [7, 11) is 0. The summed E-state index contributed by atoms with van der Waals surface area (Å²) in [6, 6.07) is 17.3. The minimum Gasteiger partial charge on any atom is -0.481 e. The average molecular weight is 518 g/mol. The first kappa shape index (κ1) is 26.7. The van der Waals surface area contributed by atoms with E-state index in [1.807, 2.05) is 67.6 Å². The first-order chi connectivity index (χ1) is 18.3. The Labute approximate surface area is 221 Å². The number of hydrazine groups is 1. The lowest BCUT2D eigenvalue weighted by Gasteiger charge is -2.54. The van der Waals surface area contributed by atoms with Gasteiger partial charge in [-0.2, -0.15) is 5.01 Å². The van der Waals surface area contributed by atoms with Gasteiger partial charge in [-0.15, -0.1) is 6.42 Å². The number of aliphatic carboxylic acids is 1. The van der Waals surface area contributed by atoms with E-state index in [1.165, 1.54) is 14.9 Å². The summed E-state index contributed by atoms with van der Waals surface area (Å²) in [5, 5.41) is 15.3. The van der Waals surface area contributed by atoms with Crippen LogP contribution in [0.25, 0.3) is 0 Å². The molecule has 0 bridgehead atoms. The van der Waals surface area contributed by atoms with E-state index < -0.39 is 42.4 Å². The number of hydrogen-bond acceptors (Lipinski definition) is 5. The van der Waals surface area contributed by atoms with Crippen LogP contribution in [0.2, 0.25) is 0 Å². The van der Waals surface area contributed by atoms with Crippen LogP contribution in [0.4, 0.5) is 4.79 Å². The molecule has 0 radical (unpaired) electrons. The number of piperazine rings is 1. The molecule has 2 aromatic carbocycles. The maximum absolute atomic E-state index is 13.5. The second kappa shape index (κ2) is 11.8. The standard InChI is InChI=1S/C28H31N5O5/c1-3-14-31-19-25(34)32-23(15-26(35)36)27(37)30(17-20(2)22-12-8-5-9-13-22)18-24(32)33(31)28(38)29-16-21-10-6-4-7-11-21/h1,4-13,20,23-24H,14-19H2,2H3,(H,29,38)(H,35,36)/t20?,23?,24-/m0/s1. The number of nitrogens with zero attached hydrogens (tertiary/aromatic N) is 4. The normalized spacial score (nSPS) is 20.5. The van der Waals surface area contributed by atoms with Gasteiger partial charge in [-0.05, 0) is 17.0 Å². The summed E-state index contributed by atoms with van der Waals surface area (Å²) in [5.41, 5.74) is 1.90. The highest BCUT2D eigenvalue weighted by atomic mass is 16.4. The molecule has 10 heteroatoms. The van der Waals surface area contributed by atoms with Crippen molar-refractivity contribution >= 4 is 23.8 Å². The Bertz CT molecular complexity index is 1220. The molecule has 2 unspecified atom stereocenters. The van der Waals surface area contributed by atoms with Gasteiger partial charge in [0, 0.05) is 13.1 Å². The molecular formula is C28H31N5O5. The minimum absolute atomic E-state index is 0.00714. The highest BCUT2D eigenvalue weighted by molar-refractivity contribution is 5.93. The Morgan fingerprint density at radius 1 is 1.11 bits per heavy atom. The zero-order valence-corrected chi connectivity index (χ0v) is 21.2. The third-order valence-corrected chi connectivity index (χ3v) is 6.83. The van der Waals surface area contributed by atoms with Gasteiger partial charge in [-0.3, -0.25) is 14.4 Å². The molecule has 4 rings (SSSR count). The third-order valence-electron chi connectivity index (χ3n) is 6.83. The minimum atomic E-state index is -1.24. The summed E-state index contributed by atoms with van der Waals surface area (Å²) in [6.45, 7) is 2.29. The Morgan fingerprint density at radius 3 is 2.39 bits per heavy atom. The molecule has 2 heterocycles. The van der Waals surface area contributed by atoms with Crippen molar-refractivity contribution in [3.63, 3.8) is 0 Å². The van der Waals surface area contributed by atoms with Crippen molar-refractivity contribution < 1.29 is 24.3 Å². The number of hydrogen-bond donors (Lipinski definition) is 2. The van der Waals surface area contributed by atoms with Gasteiger partial charge in [0.15, 0.2) is 0 Å². The topological polar surface area (TPSA) is 114 Å². The number of carbonyl (C=O) groups is 4. The van der Waals surface area contributed by atoms with Crippen molar-refractivity contribution in [2.45, 2.75) is 38.0 Å². The number of carboxylic acid groups (broad SMARTS) is 1. The molecule has 2 fully saturated rings. The second-order valence-corrected chi connectivity index (χ2v) is 9.47. The van der Waals surface area contributed by atoms with Crippen LogP contribution in [-0.4, -0.2) is 87.1 Å². The van der Waals surface area contributed by atoms with Gasteiger partial charge in [0.2, 0.25) is 11.8 Å². The van der Waals surface area contributed by atoms with Gasteiger partial charge in [-0.1, -0.05) is 73.5 Å². The van der Waals surface area contributed by atoms with E-state index in [-0.39, 0.29) is 32.1 Å². The van der Waals surface area contributed by atoms with Crippen molar-refractivity contribution in [2.75, 3.05) is 26.2 Å². The Balaban J connectivity index is 1.65. The lowest BCUT2D eigenvalue weighted by molar-refractivity contribution is -0.190. The number of carboxylic acids is 1. The van der Waals surface area contributed by atoms with Crippen LogP contribution in [0.1, 0.15) is 30.4 Å². The SMILES string of the molecule is C#CCN1CC(=O)N2C(CC(=O)O)C(=O)N(CC(C)c3ccccc3)C[C@@H]2N1C(=O)NCc1ccccc1. The molecule has 2 aliphatic heterocycles. The maximum atomic E-state index is 13.5. The van der Waals surface area contributed by atoms with Crippen LogP contribution in [0.5, 0.6) is 0 Å². The predicted molar refractivity (Wildman–Crippen MR) is 139 cm³/mol. The van der Waals surface area contributed by atoms with E-state index in [2.05, 4.69) is 11.2 Å². The van der Waals surface area contributed by atoms with E-state index in [1.54, 1.807) is 4.90 Å². The van der Waals surface area contributed by atoms with E-state index in [0.717, 1.165) is 11.1 Å². The van der Waals surface area contributed by atoms with Crippen LogP contribution >= 0.6 is 0 Å². The molecule has 38 heavy (non-hydrogen) atoms. The molecule has 0 saturated carbocycles. The van der Waals surface area contributed by atoms with Gasteiger partial charge in [-0.25, -0.2) is 9.80 Å². The molecule has 2 saturated heterocycles. The van der Waals surface area contributed by atoms with E-state index >= 15 is 0 Å². The lowest BCUT2D eigenvalue weighted by Crippen LogP contribution is -2.76. The van der Waals surface area contributed by atoms with Gasteiger partial charge < -0.3 is 20.2 Å². The van der Waals surface area contributed by atoms with Crippen molar-refractivity contribution in [2.24, 2.45) is 0 Å². The summed E-state index contributed by atoms with van der Waals surface area (Å²) in [5.74, 6) is 0.322. The fourth-order valence-corrected chi connectivity index (χ4v) is 5.04. The summed E-state index contributed by atoms with van der Waals surface area (Å²) in [4.78, 5) is 54.8. The molecule has 3 atom stereocenters. The summed E-state index contributed by atoms with van der Waals surface area (Å²) < 4.78 is 0. The Morgan fingerprint density at radius 2 is 1.76 bits per heavy atom. The molecule has 2 aliphatic rings. The van der Waals surface area contributed by atoms with Crippen molar-refractivity contribution in [1.82, 2.24) is 25.1 Å². The number of amides is 4. The largest absolute Gasteiger partial charge is 0.481 e. The number of benzene rings is 2. The highest BCUT2D eigenvalue weighted by Gasteiger charge is 2.52. The van der Waals surface area contributed by atoms with Crippen LogP contribution in [0, 0.1) is 12.3 Å². The van der Waals surface area contributed by atoms with Gasteiger partial charge >= 0.3 is 12.0 Å². The van der Waals surface area contributed by atoms with Crippen LogP contribution in [0.3, 0.4) is 0 Å². The third kappa shape index (κ3) is 5.79. The number of terminal acetylenes is 1. The molecule has 2 N–H and O–H groups in total. The Hall–Kier alpha value is -4.36. The number of rotatable bonds is 8. The van der Waals surface area contributed by atoms with Crippen molar-refractivity contribution in [3.8, 4) is 12.3 Å². The highest BCUT2D eigenvalue weighted by Crippen LogP contribution is 2.29. The number of carbonyl (C=O) groups excluding carboxylic acids is 3. The number of nitrogens with one attached hydrogen (secondary N) is 1. The number of fused-ring (bicyclic) bond motifs is 1. The second-order valence-electron chi connectivity index (χ2n) is 9.47. The smallest absolute Gasteiger partial charge is 0.334 e. The van der Waals surface area contributed by atoms with Crippen molar-refractivity contribution in [1.29, 1.82) is 0 Å². The van der Waals surface area contributed by atoms with Gasteiger partial charge in [0.05, 0.1) is 26.1 Å². The molecule has 2 aromatic rings. The quantitative estimate of drug-likeness (QED) is 0.516. The van der Waals surface area contributed by atoms with Crippen LogP contribution < -0.4 is 5.32 Å². The van der Waals surface area contributed by atoms with E-state index in [0.29, 0.717) is 6.54 Å². The molecule has 0 spiro atoms. The Kier molecular flexibility index (Phi) is 8.28. The first-order valence-corrected chi connectivity index (χ1v) is 12.5. The summed E-state index contributed by atoms with van der Waals surface area (Å²) in [6.07, 6.45) is 4.08. The molecular weight excluding hydrogens is 486 g/mol. The maximum Gasteiger partial charge on any atom is 0.334 e. The van der Waals surface area contributed by atoms with E-state index in [9.17, 15) is 24.3 Å². The van der Waals surface area contributed by atoms with Crippen LogP contribution in [0.15, 0.2) is 60.7 Å². The fraction of sp³-hybridized carbons (Fsp3) is 0.357. The first-order valence-electron chi connectivity index (χ1n) is 12.5. The van der Waals surface area contributed by atoms with E-state index in [4.69, 9.17) is 6.42 Å². The van der Waals surface area contributed by atoms with Crippen LogP contribution in [-0.2, 0) is 20.9 Å². The lowest BCUT2D eigenvalue weighted by atomic mass is 9.98. The molecule has 10 nitrogen and oxygen atoms in total. The molecule has 0 aromatic heterocycles. The zero-order chi connectivity index (χ0) is 27.2. The molecule has 198 valence electrons. The average Bonchev–Trinajstić information content (AvgIpc) is 2.90. The predicted octanol–water partition coefficient (Wildman–Crippen LogP) is 1.71. The monoisotopic (exact) mass is 517 g/mol. The molecule has 0 aliphatic carbocycles. The van der Waals surface area contributed by atoms with Gasteiger partial charge in [0.25, 0.3) is 0 Å². The zero-order valence-electron chi connectivity index (χ0n) is 21.2. The fourth-order valence-electron chi connectivity index (χ4n) is 5.04.